The van der Waals surface area contributed by atoms with Crippen LogP contribution < -0.4 is 0 Å². The molecule has 36 heavy (non-hydrogen) atoms. The molecule has 7 heteroatoms. The van der Waals surface area contributed by atoms with Crippen molar-refractivity contribution in [2.75, 3.05) is 13.2 Å². The number of rotatable bonds is 14. The zero-order chi connectivity index (χ0) is 26.8. The Kier molecular flexibility index (Phi) is 13.1. The molecular weight excluding hydrogens is 472 g/mol. The Morgan fingerprint density at radius 3 is 2.50 bits per heavy atom. The number of unbranched alkanes of at least 4 members (excludes halogenated alkanes) is 3. The van der Waals surface area contributed by atoms with Gasteiger partial charge in [-0.1, -0.05) is 39.3 Å². The maximum absolute atomic E-state index is 11.6. The fourth-order valence-corrected chi connectivity index (χ4v) is 5.85. The Labute approximate surface area is 221 Å². The van der Waals surface area contributed by atoms with Crippen LogP contribution in [0.25, 0.3) is 0 Å². The maximum Gasteiger partial charge on any atom is 0.306 e. The highest BCUT2D eigenvalue weighted by molar-refractivity contribution is 6.74. The van der Waals surface area contributed by atoms with E-state index in [4.69, 9.17) is 18.6 Å². The number of ether oxygens (including phenoxy) is 3. The molecule has 0 amide bonds. The largest absolute Gasteiger partial charge is 0.463 e. The quantitative estimate of drug-likeness (QED) is 0.117. The Balaban J connectivity index is 1.87. The van der Waals surface area contributed by atoms with Gasteiger partial charge in [0.2, 0.25) is 0 Å². The highest BCUT2D eigenvalue weighted by Gasteiger charge is 2.46. The molecule has 210 valence electrons. The van der Waals surface area contributed by atoms with Crippen LogP contribution >= 0.6 is 0 Å². The van der Waals surface area contributed by atoms with Crippen LogP contribution in [-0.4, -0.2) is 57.2 Å². The number of allylic oxidation sites excluding steroid dienone is 2. The summed E-state index contributed by atoms with van der Waals surface area (Å²) in [6.45, 7) is 16.5. The summed E-state index contributed by atoms with van der Waals surface area (Å²) >= 11 is 0. The molecule has 5 atom stereocenters. The van der Waals surface area contributed by atoms with E-state index in [-0.39, 0.29) is 47.4 Å². The van der Waals surface area contributed by atoms with Gasteiger partial charge in [0.15, 0.2) is 14.6 Å². The van der Waals surface area contributed by atoms with E-state index in [0.717, 1.165) is 58.0 Å². The summed E-state index contributed by atoms with van der Waals surface area (Å²) in [7, 11) is -1.90. The van der Waals surface area contributed by atoms with Crippen molar-refractivity contribution >= 4 is 14.3 Å². The SMILES string of the molecule is CC(C)OC(=O)CCCCCC=CCC1C(O)CC(OC2CCCCO2)[C@@H]1CO[Si](C)(C)C(C)(C)C. The number of aliphatic hydroxyl groups is 1. The van der Waals surface area contributed by atoms with E-state index in [2.05, 4.69) is 46.0 Å². The third kappa shape index (κ3) is 10.6. The van der Waals surface area contributed by atoms with Crippen LogP contribution in [-0.2, 0) is 23.4 Å². The van der Waals surface area contributed by atoms with Gasteiger partial charge < -0.3 is 23.7 Å². The van der Waals surface area contributed by atoms with Crippen LogP contribution in [0.15, 0.2) is 12.2 Å². The summed E-state index contributed by atoms with van der Waals surface area (Å²) in [6.07, 6.45) is 12.9. The average Bonchev–Trinajstić information content (AvgIpc) is 3.07. The van der Waals surface area contributed by atoms with Gasteiger partial charge in [0.25, 0.3) is 0 Å². The molecule has 0 aromatic carbocycles. The van der Waals surface area contributed by atoms with Crippen molar-refractivity contribution in [2.24, 2.45) is 11.8 Å². The minimum Gasteiger partial charge on any atom is -0.463 e. The highest BCUT2D eigenvalue weighted by Crippen LogP contribution is 2.42. The molecule has 1 N–H and O–H groups in total. The van der Waals surface area contributed by atoms with Crippen molar-refractivity contribution < 1.29 is 28.5 Å². The van der Waals surface area contributed by atoms with Crippen molar-refractivity contribution in [1.29, 1.82) is 0 Å². The number of carbonyl (C=O) groups is 1. The lowest BCUT2D eigenvalue weighted by Gasteiger charge is -2.38. The molecule has 2 aliphatic rings. The normalized spacial score (nSPS) is 27.8. The molecule has 0 radical (unpaired) electrons. The summed E-state index contributed by atoms with van der Waals surface area (Å²) in [6, 6.07) is 0. The number of hydrogen-bond donors (Lipinski definition) is 1. The molecule has 1 saturated heterocycles. The summed E-state index contributed by atoms with van der Waals surface area (Å²) in [4.78, 5) is 11.6. The Bertz CT molecular complexity index is 665. The third-order valence-electron chi connectivity index (χ3n) is 8.10. The third-order valence-corrected chi connectivity index (χ3v) is 12.6. The van der Waals surface area contributed by atoms with Crippen LogP contribution in [0.5, 0.6) is 0 Å². The molecule has 0 spiro atoms. The average molecular weight is 527 g/mol. The fourth-order valence-electron chi connectivity index (χ4n) is 4.80. The van der Waals surface area contributed by atoms with Crippen LogP contribution in [0, 0.1) is 11.8 Å². The summed E-state index contributed by atoms with van der Waals surface area (Å²) < 4.78 is 24.1. The van der Waals surface area contributed by atoms with E-state index in [9.17, 15) is 9.90 Å². The first-order valence-electron chi connectivity index (χ1n) is 14.3. The van der Waals surface area contributed by atoms with Gasteiger partial charge in [-0.3, -0.25) is 4.79 Å². The van der Waals surface area contributed by atoms with Gasteiger partial charge in [-0.15, -0.1) is 0 Å². The van der Waals surface area contributed by atoms with Crippen molar-refractivity contribution in [2.45, 2.75) is 142 Å². The maximum atomic E-state index is 11.6. The molecule has 0 aromatic rings. The van der Waals surface area contributed by atoms with E-state index in [1.165, 1.54) is 0 Å². The Morgan fingerprint density at radius 1 is 1.11 bits per heavy atom. The van der Waals surface area contributed by atoms with E-state index in [0.29, 0.717) is 19.4 Å². The molecule has 6 nitrogen and oxygen atoms in total. The number of hydrogen-bond acceptors (Lipinski definition) is 6. The first-order valence-corrected chi connectivity index (χ1v) is 17.2. The number of aliphatic hydroxyl groups excluding tert-OH is 1. The minimum absolute atomic E-state index is 0.0307. The standard InChI is InChI=1S/C29H54O6Si/c1-22(2)34-27(31)17-13-11-9-8-10-12-16-23-24(21-33-36(6,7)29(3,4)5)26(20-25(23)30)35-28-18-14-15-19-32-28/h10,12,22-26,28,30H,8-9,11,13-21H2,1-7H3/t23?,24-,25?,26?,28?/m1/s1. The lowest BCUT2D eigenvalue weighted by molar-refractivity contribution is -0.197. The van der Waals surface area contributed by atoms with Gasteiger partial charge in [-0.25, -0.2) is 0 Å². The topological polar surface area (TPSA) is 74.2 Å². The summed E-state index contributed by atoms with van der Waals surface area (Å²) in [5.41, 5.74) is 0. The molecule has 2 fully saturated rings. The molecule has 2 rings (SSSR count). The minimum atomic E-state index is -1.90. The van der Waals surface area contributed by atoms with Crippen LogP contribution in [0.1, 0.15) is 98.8 Å². The molecule has 1 aliphatic carbocycles. The van der Waals surface area contributed by atoms with Gasteiger partial charge in [-0.05, 0) is 82.8 Å². The highest BCUT2D eigenvalue weighted by atomic mass is 28.4. The first kappa shape index (κ1) is 31.5. The molecule has 1 saturated carbocycles. The van der Waals surface area contributed by atoms with Crippen molar-refractivity contribution in [3.63, 3.8) is 0 Å². The van der Waals surface area contributed by atoms with Crippen LogP contribution in [0.3, 0.4) is 0 Å². The van der Waals surface area contributed by atoms with E-state index in [1.807, 2.05) is 13.8 Å². The van der Waals surface area contributed by atoms with Gasteiger partial charge in [-0.2, -0.15) is 0 Å². The van der Waals surface area contributed by atoms with Crippen molar-refractivity contribution in [1.82, 2.24) is 0 Å². The zero-order valence-corrected chi connectivity index (χ0v) is 25.1. The van der Waals surface area contributed by atoms with Crippen molar-refractivity contribution in [3.8, 4) is 0 Å². The second-order valence-electron chi connectivity index (χ2n) is 12.5. The summed E-state index contributed by atoms with van der Waals surface area (Å²) in [5.74, 6) is 0.193. The molecule has 1 aliphatic heterocycles. The smallest absolute Gasteiger partial charge is 0.306 e. The van der Waals surface area contributed by atoms with Crippen LogP contribution in [0.4, 0.5) is 0 Å². The Hall–Kier alpha value is -0.733. The molecule has 0 bridgehead atoms. The second-order valence-corrected chi connectivity index (χ2v) is 17.3. The Morgan fingerprint density at radius 2 is 1.86 bits per heavy atom. The van der Waals surface area contributed by atoms with Gasteiger partial charge in [0.1, 0.15) is 0 Å². The van der Waals surface area contributed by atoms with E-state index < -0.39 is 8.32 Å². The van der Waals surface area contributed by atoms with Gasteiger partial charge in [0, 0.05) is 32.0 Å². The predicted octanol–water partition coefficient (Wildman–Crippen LogP) is 6.77. The van der Waals surface area contributed by atoms with Gasteiger partial charge >= 0.3 is 5.97 Å². The first-order chi connectivity index (χ1) is 16.9. The zero-order valence-electron chi connectivity index (χ0n) is 24.1. The molecule has 1 heterocycles. The van der Waals surface area contributed by atoms with Crippen LogP contribution in [0.2, 0.25) is 18.1 Å². The number of esters is 1. The molecule has 4 unspecified atom stereocenters. The number of carbonyl (C=O) groups excluding carboxylic acids is 1. The molecular formula is C29H54O6Si. The molecule has 0 aromatic heterocycles. The predicted molar refractivity (Wildman–Crippen MR) is 147 cm³/mol. The lowest BCUT2D eigenvalue weighted by atomic mass is 9.91. The van der Waals surface area contributed by atoms with Gasteiger partial charge in [0.05, 0.1) is 18.3 Å². The van der Waals surface area contributed by atoms with Crippen molar-refractivity contribution in [3.05, 3.63) is 12.2 Å². The fraction of sp³-hybridized carbons (Fsp3) is 0.897. The van der Waals surface area contributed by atoms with E-state index >= 15 is 0 Å². The second kappa shape index (κ2) is 15.0. The lowest BCUT2D eigenvalue weighted by Crippen LogP contribution is -2.44. The monoisotopic (exact) mass is 526 g/mol. The van der Waals surface area contributed by atoms with E-state index in [1.54, 1.807) is 0 Å². The summed E-state index contributed by atoms with van der Waals surface area (Å²) in [5, 5.41) is 11.1.